The summed E-state index contributed by atoms with van der Waals surface area (Å²) in [5.41, 5.74) is 1.22. The quantitative estimate of drug-likeness (QED) is 0.723. The van der Waals surface area contributed by atoms with E-state index < -0.39 is 11.7 Å². The van der Waals surface area contributed by atoms with Gasteiger partial charge in [-0.2, -0.15) is 0 Å². The van der Waals surface area contributed by atoms with Gasteiger partial charge in [-0.05, 0) is 35.9 Å². The minimum Gasteiger partial charge on any atom is -0.493 e. The minimum absolute atomic E-state index is 0.0561. The van der Waals surface area contributed by atoms with Crippen LogP contribution in [0.5, 0.6) is 11.5 Å². The van der Waals surface area contributed by atoms with E-state index in [1.165, 1.54) is 12.1 Å². The molecule has 1 aliphatic rings. The second kappa shape index (κ2) is 8.88. The number of hydrogen-bond acceptors (Lipinski definition) is 5. The molecule has 1 saturated heterocycles. The van der Waals surface area contributed by atoms with Crippen molar-refractivity contribution < 1.29 is 18.7 Å². The van der Waals surface area contributed by atoms with Gasteiger partial charge in [0.05, 0.1) is 17.4 Å². The van der Waals surface area contributed by atoms with E-state index in [1.54, 1.807) is 13.2 Å². The van der Waals surface area contributed by atoms with Gasteiger partial charge in [-0.25, -0.2) is 4.39 Å². The Balaban J connectivity index is 1.62. The first kappa shape index (κ1) is 19.2. The van der Waals surface area contributed by atoms with E-state index in [4.69, 9.17) is 21.1 Å². The highest BCUT2D eigenvalue weighted by Crippen LogP contribution is 2.46. The van der Waals surface area contributed by atoms with Crippen LogP contribution in [-0.2, 0) is 4.79 Å². The molecule has 0 aliphatic carbocycles. The number of ether oxygens (including phenoxy) is 2. The number of anilines is 1. The summed E-state index contributed by atoms with van der Waals surface area (Å²) in [6, 6.07) is 9.75. The van der Waals surface area contributed by atoms with Gasteiger partial charge in [0.15, 0.2) is 18.1 Å². The van der Waals surface area contributed by atoms with Gasteiger partial charge >= 0.3 is 0 Å². The van der Waals surface area contributed by atoms with Crippen LogP contribution in [0.2, 0.25) is 5.02 Å². The molecule has 0 radical (unpaired) electrons. The molecule has 26 heavy (non-hydrogen) atoms. The minimum atomic E-state index is -0.598. The molecule has 0 atom stereocenters. The van der Waals surface area contributed by atoms with Crippen LogP contribution >= 0.6 is 35.1 Å². The third-order valence-electron chi connectivity index (χ3n) is 3.65. The van der Waals surface area contributed by atoms with Crippen LogP contribution in [0.15, 0.2) is 36.4 Å². The van der Waals surface area contributed by atoms with E-state index in [9.17, 15) is 9.18 Å². The lowest BCUT2D eigenvalue weighted by Gasteiger charge is -2.14. The molecule has 0 spiro atoms. The number of hydrogen-bond donors (Lipinski definition) is 1. The van der Waals surface area contributed by atoms with Gasteiger partial charge in [0, 0.05) is 16.5 Å². The summed E-state index contributed by atoms with van der Waals surface area (Å²) in [5, 5.41) is 2.72. The van der Waals surface area contributed by atoms with Crippen molar-refractivity contribution in [1.82, 2.24) is 0 Å². The second-order valence-electron chi connectivity index (χ2n) is 5.44. The predicted octanol–water partition coefficient (Wildman–Crippen LogP) is 4.98. The topological polar surface area (TPSA) is 47.6 Å². The van der Waals surface area contributed by atoms with E-state index in [0.717, 1.165) is 23.1 Å². The van der Waals surface area contributed by atoms with Crippen LogP contribution in [0.3, 0.4) is 0 Å². The monoisotopic (exact) mass is 413 g/mol. The van der Waals surface area contributed by atoms with Crippen molar-refractivity contribution in [2.75, 3.05) is 30.5 Å². The summed E-state index contributed by atoms with van der Waals surface area (Å²) in [7, 11) is 1.56. The molecule has 0 aromatic heterocycles. The highest BCUT2D eigenvalue weighted by Gasteiger charge is 2.20. The van der Waals surface area contributed by atoms with Crippen molar-refractivity contribution in [2.45, 2.75) is 4.58 Å². The fourth-order valence-corrected chi connectivity index (χ4v) is 5.42. The van der Waals surface area contributed by atoms with Crippen LogP contribution in [0.1, 0.15) is 10.1 Å². The number of benzene rings is 2. The number of thioether (sulfide) groups is 2. The highest BCUT2D eigenvalue weighted by atomic mass is 35.5. The Morgan fingerprint density at radius 2 is 2.00 bits per heavy atom. The third-order valence-corrected chi connectivity index (χ3v) is 6.99. The van der Waals surface area contributed by atoms with Gasteiger partial charge in [0.25, 0.3) is 5.91 Å². The number of halogens is 2. The van der Waals surface area contributed by atoms with Gasteiger partial charge in [0.2, 0.25) is 0 Å². The molecule has 2 aromatic rings. The summed E-state index contributed by atoms with van der Waals surface area (Å²) in [6.07, 6.45) is 0. The summed E-state index contributed by atoms with van der Waals surface area (Å²) in [5.74, 6) is 2.24. The van der Waals surface area contributed by atoms with Crippen molar-refractivity contribution in [3.8, 4) is 11.5 Å². The number of nitrogens with one attached hydrogen (secondary N) is 1. The standard InChI is InChI=1S/C18H17ClFNO3S2/c1-23-16-8-11(18-25-6-7-26-18)2-5-15(16)24-10-17(22)21-14-4-3-12(19)9-13(14)20/h2-5,8-9,18H,6-7,10H2,1H3,(H,21,22). The molecule has 8 heteroatoms. The Morgan fingerprint density at radius 3 is 2.69 bits per heavy atom. The number of rotatable bonds is 6. The molecule has 1 fully saturated rings. The lowest BCUT2D eigenvalue weighted by Crippen LogP contribution is -2.21. The molecule has 3 rings (SSSR count). The van der Waals surface area contributed by atoms with Gasteiger partial charge in [0.1, 0.15) is 5.82 Å². The predicted molar refractivity (Wildman–Crippen MR) is 106 cm³/mol. The van der Waals surface area contributed by atoms with Gasteiger partial charge < -0.3 is 14.8 Å². The zero-order chi connectivity index (χ0) is 18.5. The molecule has 2 aromatic carbocycles. The molecule has 1 amide bonds. The van der Waals surface area contributed by atoms with Crippen molar-refractivity contribution in [2.24, 2.45) is 0 Å². The zero-order valence-electron chi connectivity index (χ0n) is 14.0. The van der Waals surface area contributed by atoms with Crippen LogP contribution in [-0.4, -0.2) is 31.1 Å². The summed E-state index contributed by atoms with van der Waals surface area (Å²) >= 11 is 9.49. The lowest BCUT2D eigenvalue weighted by molar-refractivity contribution is -0.118. The van der Waals surface area contributed by atoms with Crippen molar-refractivity contribution in [3.05, 3.63) is 52.8 Å². The highest BCUT2D eigenvalue weighted by molar-refractivity contribution is 8.19. The Labute approximate surface area is 164 Å². The molecule has 0 bridgehead atoms. The molecule has 1 heterocycles. The molecule has 1 N–H and O–H groups in total. The summed E-state index contributed by atoms with van der Waals surface area (Å²) in [6.45, 7) is -0.259. The average molecular weight is 414 g/mol. The summed E-state index contributed by atoms with van der Waals surface area (Å²) in [4.78, 5) is 12.0. The van der Waals surface area contributed by atoms with Crippen LogP contribution < -0.4 is 14.8 Å². The maximum absolute atomic E-state index is 13.7. The van der Waals surface area contributed by atoms with Gasteiger partial charge in [-0.3, -0.25) is 4.79 Å². The van der Waals surface area contributed by atoms with E-state index >= 15 is 0 Å². The SMILES string of the molecule is COc1cc(C2SCCS2)ccc1OCC(=O)Nc1ccc(Cl)cc1F. The number of methoxy groups -OCH3 is 1. The van der Waals surface area contributed by atoms with E-state index in [-0.39, 0.29) is 17.3 Å². The molecule has 138 valence electrons. The summed E-state index contributed by atoms with van der Waals surface area (Å²) < 4.78 is 25.0. The van der Waals surface area contributed by atoms with E-state index in [2.05, 4.69) is 5.32 Å². The second-order valence-corrected chi connectivity index (χ2v) is 8.61. The first-order valence-corrected chi connectivity index (χ1v) is 10.3. The normalized spacial score (nSPS) is 14.3. The Bertz CT molecular complexity index is 800. The fourth-order valence-electron chi connectivity index (χ4n) is 2.42. The third kappa shape index (κ3) is 4.78. The van der Waals surface area contributed by atoms with Crippen LogP contribution in [0, 0.1) is 5.82 Å². The average Bonchev–Trinajstić information content (AvgIpc) is 3.17. The van der Waals surface area contributed by atoms with Gasteiger partial charge in [-0.1, -0.05) is 17.7 Å². The van der Waals surface area contributed by atoms with Crippen LogP contribution in [0.4, 0.5) is 10.1 Å². The maximum Gasteiger partial charge on any atom is 0.262 e. The van der Waals surface area contributed by atoms with Crippen LogP contribution in [0.25, 0.3) is 0 Å². The largest absolute Gasteiger partial charge is 0.493 e. The van der Waals surface area contributed by atoms with E-state index in [0.29, 0.717) is 16.1 Å². The number of carbonyl (C=O) groups is 1. The number of amides is 1. The van der Waals surface area contributed by atoms with Crippen molar-refractivity contribution in [3.63, 3.8) is 0 Å². The molecule has 1 aliphatic heterocycles. The zero-order valence-corrected chi connectivity index (χ0v) is 16.3. The Kier molecular flexibility index (Phi) is 6.56. The first-order valence-electron chi connectivity index (χ1n) is 7.85. The van der Waals surface area contributed by atoms with Crippen molar-refractivity contribution in [1.29, 1.82) is 0 Å². The molecular formula is C18H17ClFNO3S2. The smallest absolute Gasteiger partial charge is 0.262 e. The van der Waals surface area contributed by atoms with Gasteiger partial charge in [-0.15, -0.1) is 23.5 Å². The van der Waals surface area contributed by atoms with E-state index in [1.807, 2.05) is 35.7 Å². The first-order chi connectivity index (χ1) is 12.6. The Hall–Kier alpha value is -1.57. The Morgan fingerprint density at radius 1 is 1.23 bits per heavy atom. The molecular weight excluding hydrogens is 397 g/mol. The fraction of sp³-hybridized carbons (Fsp3) is 0.278. The maximum atomic E-state index is 13.7. The molecule has 0 saturated carbocycles. The number of carbonyl (C=O) groups excluding carboxylic acids is 1. The molecule has 4 nitrogen and oxygen atoms in total. The molecule has 0 unspecified atom stereocenters. The van der Waals surface area contributed by atoms with Crippen molar-refractivity contribution >= 4 is 46.7 Å². The lowest BCUT2D eigenvalue weighted by atomic mass is 10.2.